The first-order chi connectivity index (χ1) is 17.5. The van der Waals surface area contributed by atoms with Crippen molar-refractivity contribution in [3.8, 4) is 17.0 Å². The lowest BCUT2D eigenvalue weighted by molar-refractivity contribution is 0.0865. The van der Waals surface area contributed by atoms with Crippen LogP contribution in [-0.2, 0) is 6.54 Å². The molecule has 4 heterocycles. The van der Waals surface area contributed by atoms with Gasteiger partial charge in [0.2, 0.25) is 0 Å². The molecule has 188 valence electrons. The Kier molecular flexibility index (Phi) is 6.45. The Balaban J connectivity index is 1.47. The molecule has 1 N–H and O–H groups in total. The lowest BCUT2D eigenvalue weighted by Gasteiger charge is -2.27. The average Bonchev–Trinajstić information content (AvgIpc) is 3.34. The molecule has 6 rings (SSSR count). The molecule has 0 spiro atoms. The van der Waals surface area contributed by atoms with Crippen molar-refractivity contribution in [2.45, 2.75) is 38.3 Å². The summed E-state index contributed by atoms with van der Waals surface area (Å²) in [6, 6.07) is 11.2. The third-order valence-electron chi connectivity index (χ3n) is 7.44. The van der Waals surface area contributed by atoms with Gasteiger partial charge >= 0.3 is 0 Å². The number of fused-ring (bicyclic) bond motifs is 6. The highest BCUT2D eigenvalue weighted by Gasteiger charge is 2.27. The van der Waals surface area contributed by atoms with E-state index in [2.05, 4.69) is 33.7 Å². The van der Waals surface area contributed by atoms with Crippen molar-refractivity contribution < 1.29 is 9.53 Å². The Hall–Kier alpha value is -2.88. The zero-order valence-corrected chi connectivity index (χ0v) is 21.2. The maximum Gasteiger partial charge on any atom is 0.274 e. The molecular formula is C27H31N5O3S. The number of carbonyl (C=O) groups is 1. The first-order valence-corrected chi connectivity index (χ1v) is 13.2. The van der Waals surface area contributed by atoms with E-state index in [1.54, 1.807) is 24.3 Å². The Morgan fingerprint density at radius 3 is 2.69 bits per heavy atom. The number of piperidine rings is 1. The number of carbonyl (C=O) groups excluding carboxylic acids is 1. The zero-order valence-electron chi connectivity index (χ0n) is 20.3. The van der Waals surface area contributed by atoms with Crippen molar-refractivity contribution in [1.29, 1.82) is 0 Å². The molecule has 2 aromatic carbocycles. The van der Waals surface area contributed by atoms with Gasteiger partial charge in [0.05, 0.1) is 5.52 Å². The van der Waals surface area contributed by atoms with E-state index in [1.165, 1.54) is 23.6 Å². The highest BCUT2D eigenvalue weighted by molar-refractivity contribution is 7.78. The second-order valence-electron chi connectivity index (χ2n) is 10.1. The summed E-state index contributed by atoms with van der Waals surface area (Å²) in [5.41, 5.74) is 3.51. The summed E-state index contributed by atoms with van der Waals surface area (Å²) in [6.45, 7) is 5.92. The van der Waals surface area contributed by atoms with Crippen LogP contribution in [0.5, 0.6) is 5.75 Å². The van der Waals surface area contributed by atoms with Gasteiger partial charge in [0.25, 0.3) is 11.5 Å². The van der Waals surface area contributed by atoms with Gasteiger partial charge in [-0.05, 0) is 62.2 Å². The van der Waals surface area contributed by atoms with Crippen molar-refractivity contribution >= 4 is 29.8 Å². The quantitative estimate of drug-likeness (QED) is 0.520. The van der Waals surface area contributed by atoms with Gasteiger partial charge in [0.1, 0.15) is 23.1 Å². The van der Waals surface area contributed by atoms with E-state index in [1.807, 2.05) is 6.07 Å². The Bertz CT molecular complexity index is 1350. The van der Waals surface area contributed by atoms with Crippen LogP contribution in [0, 0.1) is 0 Å². The van der Waals surface area contributed by atoms with Gasteiger partial charge in [0.15, 0.2) is 0 Å². The second-order valence-corrected chi connectivity index (χ2v) is 10.6. The number of nitrogens with zero attached hydrogens (tertiary/aromatic N) is 4. The summed E-state index contributed by atoms with van der Waals surface area (Å²) in [5.74, 6) is 0.518. The summed E-state index contributed by atoms with van der Waals surface area (Å²) < 4.78 is 8.02. The third kappa shape index (κ3) is 4.75. The average molecular weight is 506 g/mol. The SMILES string of the molecule is O=C1c2cccc(c2)-c2nc3c(cc(CN4CCCCC4)cc3[nH]c2=O)OC2CCN(CCN1S)C2. The topological polar surface area (TPSA) is 81.8 Å². The van der Waals surface area contributed by atoms with Gasteiger partial charge in [-0.15, -0.1) is 0 Å². The zero-order chi connectivity index (χ0) is 24.6. The van der Waals surface area contributed by atoms with Gasteiger partial charge in [-0.3, -0.25) is 23.7 Å². The Labute approximate surface area is 215 Å². The molecule has 0 aliphatic carbocycles. The van der Waals surface area contributed by atoms with E-state index >= 15 is 0 Å². The van der Waals surface area contributed by atoms with Crippen LogP contribution in [0.4, 0.5) is 0 Å². The molecule has 6 bridgehead atoms. The number of amides is 1. The number of thiol groups is 1. The molecule has 3 aromatic rings. The lowest BCUT2D eigenvalue weighted by Crippen LogP contribution is -2.33. The standard InChI is InChI=1S/C27H31N5O3S/c33-26-24-19-5-4-6-20(15-19)27(34)32(36)12-11-31-10-7-21(17-31)35-23-14-18(13-22(28-26)25(23)29-24)16-30-8-2-1-3-9-30/h4-6,13-15,21,36H,1-3,7-12,16-17H2,(H,28,33). The fourth-order valence-corrected chi connectivity index (χ4v) is 5.74. The number of rotatable bonds is 2. The van der Waals surface area contributed by atoms with Crippen LogP contribution in [0.15, 0.2) is 41.2 Å². The number of nitrogens with one attached hydrogen (secondary N) is 1. The number of benzene rings is 2. The van der Waals surface area contributed by atoms with Gasteiger partial charge in [-0.25, -0.2) is 4.98 Å². The molecule has 2 fully saturated rings. The summed E-state index contributed by atoms with van der Waals surface area (Å²) >= 11 is 4.44. The first kappa shape index (κ1) is 23.5. The maximum absolute atomic E-state index is 13.2. The van der Waals surface area contributed by atoms with Crippen molar-refractivity contribution in [3.63, 3.8) is 0 Å². The Morgan fingerprint density at radius 1 is 1.00 bits per heavy atom. The van der Waals surface area contributed by atoms with Crippen LogP contribution in [0.2, 0.25) is 0 Å². The van der Waals surface area contributed by atoms with Crippen LogP contribution in [0.25, 0.3) is 22.3 Å². The van der Waals surface area contributed by atoms with Crippen molar-refractivity contribution in [1.82, 2.24) is 24.1 Å². The normalized spacial score (nSPS) is 22.9. The van der Waals surface area contributed by atoms with E-state index in [0.29, 0.717) is 34.5 Å². The molecule has 3 aliphatic heterocycles. The fourth-order valence-electron chi connectivity index (χ4n) is 5.53. The number of aromatic nitrogens is 2. The van der Waals surface area contributed by atoms with E-state index in [-0.39, 0.29) is 23.3 Å². The van der Waals surface area contributed by atoms with Crippen LogP contribution < -0.4 is 10.3 Å². The second kappa shape index (κ2) is 9.88. The highest BCUT2D eigenvalue weighted by Crippen LogP contribution is 2.30. The largest absolute Gasteiger partial charge is 0.487 e. The molecule has 2 unspecified atom stereocenters. The number of likely N-dealkylation sites (tertiary alicyclic amines) is 1. The lowest BCUT2D eigenvalue weighted by atomic mass is 10.1. The molecule has 2 saturated heterocycles. The van der Waals surface area contributed by atoms with Crippen LogP contribution in [0.1, 0.15) is 41.6 Å². The predicted molar refractivity (Wildman–Crippen MR) is 142 cm³/mol. The first-order valence-electron chi connectivity index (χ1n) is 12.8. The van der Waals surface area contributed by atoms with Gasteiger partial charge in [0, 0.05) is 43.9 Å². The molecule has 36 heavy (non-hydrogen) atoms. The van der Waals surface area contributed by atoms with Gasteiger partial charge < -0.3 is 9.72 Å². The Morgan fingerprint density at radius 2 is 1.83 bits per heavy atom. The predicted octanol–water partition coefficient (Wildman–Crippen LogP) is 3.33. The molecule has 2 atom stereocenters. The molecule has 1 aromatic heterocycles. The molecule has 8 nitrogen and oxygen atoms in total. The van der Waals surface area contributed by atoms with Gasteiger partial charge in [-0.2, -0.15) is 0 Å². The van der Waals surface area contributed by atoms with Crippen LogP contribution in [-0.4, -0.2) is 75.4 Å². The van der Waals surface area contributed by atoms with Crippen LogP contribution >= 0.6 is 12.8 Å². The molecule has 9 heteroatoms. The summed E-state index contributed by atoms with van der Waals surface area (Å²) in [4.78, 5) is 38.8. The molecule has 3 aliphatic rings. The minimum Gasteiger partial charge on any atom is -0.487 e. The summed E-state index contributed by atoms with van der Waals surface area (Å²) in [5, 5.41) is 0. The van der Waals surface area contributed by atoms with Crippen molar-refractivity contribution in [3.05, 3.63) is 57.9 Å². The molecule has 0 radical (unpaired) electrons. The van der Waals surface area contributed by atoms with E-state index in [4.69, 9.17) is 9.72 Å². The van der Waals surface area contributed by atoms with E-state index in [9.17, 15) is 9.59 Å². The fraction of sp³-hybridized carbons (Fsp3) is 0.444. The minimum atomic E-state index is -0.285. The maximum atomic E-state index is 13.2. The number of ether oxygens (including phenoxy) is 1. The van der Waals surface area contributed by atoms with Crippen molar-refractivity contribution in [2.75, 3.05) is 39.3 Å². The molecular weight excluding hydrogens is 474 g/mol. The van der Waals surface area contributed by atoms with E-state index in [0.717, 1.165) is 51.3 Å². The monoisotopic (exact) mass is 505 g/mol. The van der Waals surface area contributed by atoms with Crippen molar-refractivity contribution in [2.24, 2.45) is 0 Å². The minimum absolute atomic E-state index is 0.0193. The molecule has 0 saturated carbocycles. The number of hydrogen-bond acceptors (Lipinski definition) is 7. The number of aromatic amines is 1. The van der Waals surface area contributed by atoms with Crippen LogP contribution in [0.3, 0.4) is 0 Å². The number of hydrogen-bond donors (Lipinski definition) is 2. The number of H-pyrrole nitrogens is 1. The smallest absolute Gasteiger partial charge is 0.274 e. The summed E-state index contributed by atoms with van der Waals surface area (Å²) in [6.07, 6.45) is 4.65. The third-order valence-corrected chi connectivity index (χ3v) is 7.83. The highest BCUT2D eigenvalue weighted by atomic mass is 32.1. The molecule has 1 amide bonds. The summed E-state index contributed by atoms with van der Waals surface area (Å²) in [7, 11) is 0. The van der Waals surface area contributed by atoms with E-state index < -0.39 is 0 Å². The van der Waals surface area contributed by atoms with Gasteiger partial charge in [-0.1, -0.05) is 31.4 Å².